The fourth-order valence-corrected chi connectivity index (χ4v) is 3.73. The van der Waals surface area contributed by atoms with Gasteiger partial charge < -0.3 is 9.30 Å². The second kappa shape index (κ2) is 8.26. The van der Waals surface area contributed by atoms with Gasteiger partial charge in [-0.05, 0) is 50.6 Å². The van der Waals surface area contributed by atoms with Gasteiger partial charge in [-0.25, -0.2) is 0 Å². The maximum Gasteiger partial charge on any atom is 0.310 e. The molecule has 3 rings (SSSR count). The fourth-order valence-electron chi connectivity index (χ4n) is 3.34. The first-order valence-corrected chi connectivity index (χ1v) is 9.35. The molecule has 0 N–H and O–H groups in total. The van der Waals surface area contributed by atoms with Crippen LogP contribution in [0.5, 0.6) is 0 Å². The fraction of sp³-hybridized carbons (Fsp3) is 0.421. The van der Waals surface area contributed by atoms with Gasteiger partial charge in [0, 0.05) is 25.0 Å². The third-order valence-corrected chi connectivity index (χ3v) is 5.34. The lowest BCUT2D eigenvalue weighted by molar-refractivity contribution is -0.150. The predicted octanol–water partition coefficient (Wildman–Crippen LogP) is 4.56. The van der Waals surface area contributed by atoms with E-state index in [1.807, 2.05) is 31.3 Å². The van der Waals surface area contributed by atoms with Gasteiger partial charge >= 0.3 is 5.97 Å². The van der Waals surface area contributed by atoms with Crippen molar-refractivity contribution in [2.45, 2.75) is 26.3 Å². The molecule has 0 bridgehead atoms. The Kier molecular flexibility index (Phi) is 6.05. The number of nitrogens with zero attached hydrogens (tertiary/aromatic N) is 2. The maximum absolute atomic E-state index is 12.0. The molecule has 1 atom stereocenters. The lowest BCUT2D eigenvalue weighted by Gasteiger charge is -2.31. The number of aromatic nitrogens is 1. The minimum absolute atomic E-state index is 0.0353. The van der Waals surface area contributed by atoms with Crippen molar-refractivity contribution in [1.82, 2.24) is 9.47 Å². The average Bonchev–Trinajstić information content (AvgIpc) is 3.06. The van der Waals surface area contributed by atoms with Crippen molar-refractivity contribution in [2.75, 3.05) is 19.7 Å². The van der Waals surface area contributed by atoms with Crippen molar-refractivity contribution in [1.29, 1.82) is 0 Å². The highest BCUT2D eigenvalue weighted by Crippen LogP contribution is 2.30. The SMILES string of the molecule is CCOC(=O)C1CCCN(Cc2cccn2-c2cccc(Cl)c2Cl)C1. The zero-order chi connectivity index (χ0) is 17.8. The van der Waals surface area contributed by atoms with E-state index < -0.39 is 0 Å². The Labute approximate surface area is 158 Å². The van der Waals surface area contributed by atoms with Gasteiger partial charge in [-0.15, -0.1) is 0 Å². The number of benzene rings is 1. The number of carbonyl (C=O) groups is 1. The summed E-state index contributed by atoms with van der Waals surface area (Å²) in [6, 6.07) is 9.70. The number of hydrogen-bond donors (Lipinski definition) is 0. The van der Waals surface area contributed by atoms with Crippen molar-refractivity contribution >= 4 is 29.2 Å². The Bertz CT molecular complexity index is 745. The van der Waals surface area contributed by atoms with Crippen LogP contribution in [0.3, 0.4) is 0 Å². The summed E-state index contributed by atoms with van der Waals surface area (Å²) in [7, 11) is 0. The summed E-state index contributed by atoms with van der Waals surface area (Å²) in [6.07, 6.45) is 3.89. The molecular weight excluding hydrogens is 359 g/mol. The highest BCUT2D eigenvalue weighted by Gasteiger charge is 2.27. The first-order valence-electron chi connectivity index (χ1n) is 8.59. The number of likely N-dealkylation sites (tertiary alicyclic amines) is 1. The van der Waals surface area contributed by atoms with E-state index in [4.69, 9.17) is 27.9 Å². The van der Waals surface area contributed by atoms with E-state index in [2.05, 4.69) is 15.5 Å². The molecule has 1 aliphatic rings. The Morgan fingerprint density at radius 1 is 1.28 bits per heavy atom. The largest absolute Gasteiger partial charge is 0.466 e. The first kappa shape index (κ1) is 18.3. The Hall–Kier alpha value is -1.49. The molecule has 4 nitrogen and oxygen atoms in total. The summed E-state index contributed by atoms with van der Waals surface area (Å²) in [5.41, 5.74) is 1.99. The number of rotatable bonds is 5. The van der Waals surface area contributed by atoms with Crippen LogP contribution in [0.2, 0.25) is 10.0 Å². The standard InChI is InChI=1S/C19H22Cl2N2O2/c1-2-25-19(24)14-6-4-10-22(12-14)13-15-7-5-11-23(15)17-9-3-8-16(20)18(17)21/h3,5,7-9,11,14H,2,4,6,10,12-13H2,1H3. The summed E-state index contributed by atoms with van der Waals surface area (Å²) in [6.45, 7) is 4.75. The van der Waals surface area contributed by atoms with Crippen molar-refractivity contribution in [3.8, 4) is 5.69 Å². The summed E-state index contributed by atoms with van der Waals surface area (Å²) < 4.78 is 7.24. The predicted molar refractivity (Wildman–Crippen MR) is 100 cm³/mol. The molecule has 0 saturated carbocycles. The van der Waals surface area contributed by atoms with Crippen molar-refractivity contribution in [3.63, 3.8) is 0 Å². The van der Waals surface area contributed by atoms with Gasteiger partial charge in [0.25, 0.3) is 0 Å². The minimum atomic E-state index is -0.0829. The van der Waals surface area contributed by atoms with E-state index in [0.29, 0.717) is 16.7 Å². The molecule has 0 radical (unpaired) electrons. The van der Waals surface area contributed by atoms with Gasteiger partial charge in [-0.2, -0.15) is 0 Å². The van der Waals surface area contributed by atoms with Gasteiger partial charge in [0.2, 0.25) is 0 Å². The Balaban J connectivity index is 1.75. The van der Waals surface area contributed by atoms with Crippen molar-refractivity contribution < 1.29 is 9.53 Å². The number of carbonyl (C=O) groups excluding carboxylic acids is 1. The van der Waals surface area contributed by atoms with E-state index in [1.54, 1.807) is 6.07 Å². The monoisotopic (exact) mass is 380 g/mol. The Morgan fingerprint density at radius 3 is 2.92 bits per heavy atom. The maximum atomic E-state index is 12.0. The third-order valence-electron chi connectivity index (χ3n) is 4.53. The summed E-state index contributed by atoms with van der Waals surface area (Å²) >= 11 is 12.5. The van der Waals surface area contributed by atoms with E-state index in [-0.39, 0.29) is 11.9 Å². The van der Waals surface area contributed by atoms with Crippen LogP contribution < -0.4 is 0 Å². The number of piperidine rings is 1. The number of halogens is 2. The highest BCUT2D eigenvalue weighted by atomic mass is 35.5. The van der Waals surface area contributed by atoms with Crippen molar-refractivity contribution in [3.05, 3.63) is 52.3 Å². The molecule has 134 valence electrons. The zero-order valence-corrected chi connectivity index (χ0v) is 15.8. The van der Waals surface area contributed by atoms with Gasteiger partial charge in [-0.3, -0.25) is 9.69 Å². The van der Waals surface area contributed by atoms with Crippen LogP contribution in [0.4, 0.5) is 0 Å². The first-order chi connectivity index (χ1) is 12.1. The summed E-state index contributed by atoms with van der Waals surface area (Å²) in [4.78, 5) is 14.3. The molecule has 1 aromatic carbocycles. The second-order valence-electron chi connectivity index (χ2n) is 6.27. The molecule has 1 aromatic heterocycles. The van der Waals surface area contributed by atoms with Crippen LogP contribution in [-0.4, -0.2) is 35.1 Å². The van der Waals surface area contributed by atoms with E-state index in [0.717, 1.165) is 43.9 Å². The zero-order valence-electron chi connectivity index (χ0n) is 14.3. The molecule has 6 heteroatoms. The topological polar surface area (TPSA) is 34.5 Å². The highest BCUT2D eigenvalue weighted by molar-refractivity contribution is 6.43. The van der Waals surface area contributed by atoms with Crippen LogP contribution in [0.1, 0.15) is 25.5 Å². The molecule has 1 unspecified atom stereocenters. The normalized spacial score (nSPS) is 18.3. The molecule has 2 aromatic rings. The molecule has 25 heavy (non-hydrogen) atoms. The van der Waals surface area contributed by atoms with E-state index in [1.165, 1.54) is 0 Å². The molecule has 0 spiro atoms. The number of ether oxygens (including phenoxy) is 1. The van der Waals surface area contributed by atoms with Crippen LogP contribution in [0.25, 0.3) is 5.69 Å². The van der Waals surface area contributed by atoms with Crippen LogP contribution in [0, 0.1) is 5.92 Å². The van der Waals surface area contributed by atoms with Gasteiger partial charge in [0.05, 0.1) is 28.3 Å². The van der Waals surface area contributed by atoms with Gasteiger partial charge in [0.15, 0.2) is 0 Å². The second-order valence-corrected chi connectivity index (χ2v) is 7.05. The number of hydrogen-bond acceptors (Lipinski definition) is 3. The molecule has 1 saturated heterocycles. The van der Waals surface area contributed by atoms with Crippen LogP contribution in [0.15, 0.2) is 36.5 Å². The molecule has 0 amide bonds. The van der Waals surface area contributed by atoms with Gasteiger partial charge in [-0.1, -0.05) is 29.3 Å². The lowest BCUT2D eigenvalue weighted by atomic mass is 9.98. The summed E-state index contributed by atoms with van der Waals surface area (Å²) in [5, 5.41) is 1.09. The van der Waals surface area contributed by atoms with Gasteiger partial charge in [0.1, 0.15) is 0 Å². The molecule has 1 fully saturated rings. The molecular formula is C19H22Cl2N2O2. The van der Waals surface area contributed by atoms with E-state index in [9.17, 15) is 4.79 Å². The lowest BCUT2D eigenvalue weighted by Crippen LogP contribution is -2.39. The molecule has 0 aliphatic carbocycles. The number of esters is 1. The Morgan fingerprint density at radius 2 is 2.12 bits per heavy atom. The van der Waals surface area contributed by atoms with E-state index >= 15 is 0 Å². The summed E-state index contributed by atoms with van der Waals surface area (Å²) in [5.74, 6) is -0.118. The van der Waals surface area contributed by atoms with Crippen LogP contribution >= 0.6 is 23.2 Å². The molecule has 1 aliphatic heterocycles. The smallest absolute Gasteiger partial charge is 0.310 e. The quantitative estimate of drug-likeness (QED) is 0.713. The van der Waals surface area contributed by atoms with Crippen LogP contribution in [-0.2, 0) is 16.1 Å². The average molecular weight is 381 g/mol. The minimum Gasteiger partial charge on any atom is -0.466 e. The van der Waals surface area contributed by atoms with Crippen molar-refractivity contribution in [2.24, 2.45) is 5.92 Å². The third kappa shape index (κ3) is 4.20. The molecule has 2 heterocycles.